The Morgan fingerprint density at radius 2 is 1.48 bits per heavy atom. The highest BCUT2D eigenvalue weighted by Gasteiger charge is 2.10. The quantitative estimate of drug-likeness (QED) is 0.612. The minimum absolute atomic E-state index is 0.227. The van der Waals surface area contributed by atoms with E-state index in [2.05, 4.69) is 10.9 Å². The van der Waals surface area contributed by atoms with Gasteiger partial charge in [-0.05, 0) is 60.4 Å². The Bertz CT molecular complexity index is 1020. The molecule has 29 heavy (non-hydrogen) atoms. The Hall–Kier alpha value is -3.31. The molecule has 2 N–H and O–H groups in total. The molecule has 3 aromatic carbocycles. The third-order valence-electron chi connectivity index (χ3n) is 4.60. The van der Waals surface area contributed by atoms with Crippen molar-refractivity contribution in [1.29, 1.82) is 0 Å². The molecule has 0 aliphatic heterocycles. The number of nitrogens with one attached hydrogen (secondary N) is 2. The highest BCUT2D eigenvalue weighted by atomic mass is 35.5. The van der Waals surface area contributed by atoms with Crippen LogP contribution in [0.15, 0.2) is 66.7 Å². The molecule has 148 valence electrons. The predicted molar refractivity (Wildman–Crippen MR) is 114 cm³/mol. The summed E-state index contributed by atoms with van der Waals surface area (Å²) in [6, 6.07) is 20.4. The molecule has 0 unspecified atom stereocenters. The number of hydrogen-bond acceptors (Lipinski definition) is 3. The summed E-state index contributed by atoms with van der Waals surface area (Å²) < 4.78 is 5.52. The molecule has 0 spiro atoms. The van der Waals surface area contributed by atoms with Gasteiger partial charge in [0.25, 0.3) is 11.8 Å². The van der Waals surface area contributed by atoms with E-state index >= 15 is 0 Å². The van der Waals surface area contributed by atoms with Crippen LogP contribution < -0.4 is 15.6 Å². The topological polar surface area (TPSA) is 67.4 Å². The number of rotatable bonds is 5. The maximum Gasteiger partial charge on any atom is 0.276 e. The lowest BCUT2D eigenvalue weighted by Crippen LogP contribution is -2.43. The Kier molecular flexibility index (Phi) is 6.52. The van der Waals surface area contributed by atoms with Gasteiger partial charge in [0.15, 0.2) is 6.61 Å². The van der Waals surface area contributed by atoms with Crippen molar-refractivity contribution in [3.63, 3.8) is 0 Å². The number of hydrazine groups is 1. The molecular formula is C23H21ClN2O3. The maximum absolute atomic E-state index is 12.2. The second-order valence-electron chi connectivity index (χ2n) is 6.53. The Morgan fingerprint density at radius 3 is 2.17 bits per heavy atom. The summed E-state index contributed by atoms with van der Waals surface area (Å²) in [4.78, 5) is 24.2. The van der Waals surface area contributed by atoms with Gasteiger partial charge in [0.2, 0.25) is 0 Å². The van der Waals surface area contributed by atoms with Crippen molar-refractivity contribution in [2.24, 2.45) is 0 Å². The van der Waals surface area contributed by atoms with Gasteiger partial charge in [-0.2, -0.15) is 0 Å². The molecule has 0 saturated carbocycles. The van der Waals surface area contributed by atoms with Crippen LogP contribution in [0.2, 0.25) is 5.02 Å². The van der Waals surface area contributed by atoms with Crippen LogP contribution in [0, 0.1) is 13.8 Å². The van der Waals surface area contributed by atoms with Crippen LogP contribution in [0.4, 0.5) is 0 Å². The molecule has 0 aromatic heterocycles. The average Bonchev–Trinajstić information content (AvgIpc) is 2.76. The van der Waals surface area contributed by atoms with E-state index in [1.807, 2.05) is 56.3 Å². The van der Waals surface area contributed by atoms with Crippen LogP contribution in [0.1, 0.15) is 21.5 Å². The number of amides is 2. The molecule has 6 heteroatoms. The van der Waals surface area contributed by atoms with E-state index in [1.54, 1.807) is 24.3 Å². The number of halogens is 1. The van der Waals surface area contributed by atoms with E-state index in [9.17, 15) is 9.59 Å². The summed E-state index contributed by atoms with van der Waals surface area (Å²) >= 11 is 6.05. The van der Waals surface area contributed by atoms with Crippen LogP contribution in [-0.4, -0.2) is 18.4 Å². The lowest BCUT2D eigenvalue weighted by molar-refractivity contribution is -0.123. The molecule has 5 nitrogen and oxygen atoms in total. The normalized spacial score (nSPS) is 10.3. The first-order valence-corrected chi connectivity index (χ1v) is 9.46. The van der Waals surface area contributed by atoms with Crippen LogP contribution in [0.5, 0.6) is 5.75 Å². The fraction of sp³-hybridized carbons (Fsp3) is 0.130. The van der Waals surface area contributed by atoms with Crippen molar-refractivity contribution in [1.82, 2.24) is 10.9 Å². The minimum Gasteiger partial charge on any atom is -0.483 e. The van der Waals surface area contributed by atoms with Crippen molar-refractivity contribution in [2.45, 2.75) is 13.8 Å². The molecule has 3 aromatic rings. The molecular weight excluding hydrogens is 388 g/mol. The van der Waals surface area contributed by atoms with Gasteiger partial charge in [0.05, 0.1) is 0 Å². The molecule has 0 aliphatic rings. The third kappa shape index (κ3) is 5.15. The average molecular weight is 409 g/mol. The Morgan fingerprint density at radius 1 is 0.828 bits per heavy atom. The molecule has 0 fully saturated rings. The molecule has 0 radical (unpaired) electrons. The highest BCUT2D eigenvalue weighted by Crippen LogP contribution is 2.27. The molecule has 0 heterocycles. The number of carbonyl (C=O) groups excluding carboxylic acids is 2. The van der Waals surface area contributed by atoms with Gasteiger partial charge in [0, 0.05) is 10.6 Å². The number of ether oxygens (including phenoxy) is 1. The van der Waals surface area contributed by atoms with Crippen molar-refractivity contribution >= 4 is 23.4 Å². The molecule has 0 atom stereocenters. The van der Waals surface area contributed by atoms with Gasteiger partial charge >= 0.3 is 0 Å². The molecule has 3 rings (SSSR count). The first-order chi connectivity index (χ1) is 14.0. The standard InChI is InChI=1S/C23H21ClN2O3/c1-15-16(2)21(13-12-20(15)24)29-14-22(27)25-26-23(28)19-10-8-18(9-11-19)17-6-4-3-5-7-17/h3-13H,14H2,1-2H3,(H,25,27)(H,26,28). The largest absolute Gasteiger partial charge is 0.483 e. The van der Waals surface area contributed by atoms with Crippen LogP contribution >= 0.6 is 11.6 Å². The van der Waals surface area contributed by atoms with Gasteiger partial charge in [0.1, 0.15) is 5.75 Å². The lowest BCUT2D eigenvalue weighted by Gasteiger charge is -2.12. The number of benzene rings is 3. The SMILES string of the molecule is Cc1c(Cl)ccc(OCC(=O)NNC(=O)c2ccc(-c3ccccc3)cc2)c1C. The van der Waals surface area contributed by atoms with E-state index in [0.717, 1.165) is 22.3 Å². The zero-order valence-corrected chi connectivity index (χ0v) is 16.9. The summed E-state index contributed by atoms with van der Waals surface area (Å²) in [6.07, 6.45) is 0. The zero-order valence-electron chi connectivity index (χ0n) is 16.2. The van der Waals surface area contributed by atoms with Gasteiger partial charge in [-0.3, -0.25) is 20.4 Å². The summed E-state index contributed by atoms with van der Waals surface area (Å²) in [6.45, 7) is 3.53. The monoisotopic (exact) mass is 408 g/mol. The number of hydrogen-bond donors (Lipinski definition) is 2. The predicted octanol–water partition coefficient (Wildman–Crippen LogP) is 4.46. The van der Waals surface area contributed by atoms with Gasteiger partial charge in [-0.25, -0.2) is 0 Å². The van der Waals surface area contributed by atoms with E-state index in [1.165, 1.54) is 0 Å². The maximum atomic E-state index is 12.2. The summed E-state index contributed by atoms with van der Waals surface area (Å²) in [5, 5.41) is 0.643. The van der Waals surface area contributed by atoms with Crippen molar-refractivity contribution in [3.8, 4) is 16.9 Å². The van der Waals surface area contributed by atoms with Crippen LogP contribution in [0.25, 0.3) is 11.1 Å². The van der Waals surface area contributed by atoms with Gasteiger partial charge in [-0.15, -0.1) is 0 Å². The van der Waals surface area contributed by atoms with Gasteiger partial charge < -0.3 is 4.74 Å². The number of carbonyl (C=O) groups is 2. The van der Waals surface area contributed by atoms with Crippen LogP contribution in [0.3, 0.4) is 0 Å². The van der Waals surface area contributed by atoms with Crippen molar-refractivity contribution < 1.29 is 14.3 Å². The third-order valence-corrected chi connectivity index (χ3v) is 5.01. The minimum atomic E-state index is -0.466. The molecule has 0 aliphatic carbocycles. The van der Waals surface area contributed by atoms with Gasteiger partial charge in [-0.1, -0.05) is 54.1 Å². The van der Waals surface area contributed by atoms with E-state index in [4.69, 9.17) is 16.3 Å². The highest BCUT2D eigenvalue weighted by molar-refractivity contribution is 6.31. The smallest absolute Gasteiger partial charge is 0.276 e. The first-order valence-electron chi connectivity index (χ1n) is 9.09. The van der Waals surface area contributed by atoms with E-state index in [0.29, 0.717) is 16.3 Å². The van der Waals surface area contributed by atoms with Crippen molar-refractivity contribution in [2.75, 3.05) is 6.61 Å². The Balaban J connectivity index is 1.51. The van der Waals surface area contributed by atoms with E-state index in [-0.39, 0.29) is 6.61 Å². The molecule has 2 amide bonds. The van der Waals surface area contributed by atoms with Crippen molar-refractivity contribution in [3.05, 3.63) is 88.4 Å². The summed E-state index contributed by atoms with van der Waals surface area (Å²) in [5.41, 5.74) is 9.03. The Labute approximate surface area is 174 Å². The molecule has 0 saturated heterocycles. The summed E-state index contributed by atoms with van der Waals surface area (Å²) in [5.74, 6) is -0.299. The molecule has 0 bridgehead atoms. The second-order valence-corrected chi connectivity index (χ2v) is 6.94. The fourth-order valence-electron chi connectivity index (χ4n) is 2.74. The lowest BCUT2D eigenvalue weighted by atomic mass is 10.0. The summed E-state index contributed by atoms with van der Waals surface area (Å²) in [7, 11) is 0. The first kappa shape index (κ1) is 20.4. The van der Waals surface area contributed by atoms with Crippen LogP contribution in [-0.2, 0) is 4.79 Å². The fourth-order valence-corrected chi connectivity index (χ4v) is 2.95. The van der Waals surface area contributed by atoms with E-state index < -0.39 is 11.8 Å². The zero-order chi connectivity index (χ0) is 20.8. The second kappa shape index (κ2) is 9.26.